The highest BCUT2D eigenvalue weighted by molar-refractivity contribution is 7.89. The molecule has 0 atom stereocenters. The first-order valence-electron chi connectivity index (χ1n) is 6.86. The van der Waals surface area contributed by atoms with Crippen molar-refractivity contribution in [1.29, 1.82) is 0 Å². The standard InChI is InChI=1S/C14H16N2O5S/c1-2-5-16-12-4-3-11(10-13(12)21-14(16)17)22(18,19)15-6-8-20-9-7-15/h2-4,10H,1,5-9H2. The van der Waals surface area contributed by atoms with E-state index in [1.165, 1.54) is 21.0 Å². The zero-order chi connectivity index (χ0) is 15.7. The maximum absolute atomic E-state index is 12.6. The molecule has 0 amide bonds. The van der Waals surface area contributed by atoms with Crippen LogP contribution in [0.5, 0.6) is 0 Å². The Labute approximate surface area is 127 Å². The Morgan fingerprint density at radius 3 is 2.68 bits per heavy atom. The van der Waals surface area contributed by atoms with E-state index in [0.717, 1.165) is 0 Å². The van der Waals surface area contributed by atoms with Crippen LogP contribution in [-0.4, -0.2) is 43.6 Å². The topological polar surface area (TPSA) is 81.8 Å². The molecule has 7 nitrogen and oxygen atoms in total. The van der Waals surface area contributed by atoms with Gasteiger partial charge in [0.1, 0.15) is 0 Å². The summed E-state index contributed by atoms with van der Waals surface area (Å²) >= 11 is 0. The Morgan fingerprint density at radius 2 is 2.00 bits per heavy atom. The summed E-state index contributed by atoms with van der Waals surface area (Å²) in [6.45, 7) is 5.30. The summed E-state index contributed by atoms with van der Waals surface area (Å²) in [5.41, 5.74) is 0.798. The Morgan fingerprint density at radius 1 is 1.27 bits per heavy atom. The number of sulfonamides is 1. The van der Waals surface area contributed by atoms with E-state index in [2.05, 4.69) is 6.58 Å². The van der Waals surface area contributed by atoms with Gasteiger partial charge in [0.25, 0.3) is 0 Å². The van der Waals surface area contributed by atoms with Gasteiger partial charge in [-0.1, -0.05) is 6.08 Å². The van der Waals surface area contributed by atoms with Crippen LogP contribution in [0.25, 0.3) is 11.1 Å². The van der Waals surface area contributed by atoms with E-state index in [0.29, 0.717) is 38.4 Å². The lowest BCUT2D eigenvalue weighted by atomic mass is 10.3. The van der Waals surface area contributed by atoms with Gasteiger partial charge in [-0.2, -0.15) is 4.31 Å². The average molecular weight is 324 g/mol. The molecule has 2 heterocycles. The van der Waals surface area contributed by atoms with Gasteiger partial charge in [0.2, 0.25) is 10.0 Å². The fourth-order valence-electron chi connectivity index (χ4n) is 2.45. The van der Waals surface area contributed by atoms with Crippen molar-refractivity contribution in [3.05, 3.63) is 41.4 Å². The van der Waals surface area contributed by atoms with E-state index >= 15 is 0 Å². The molecule has 118 valence electrons. The highest BCUT2D eigenvalue weighted by Gasteiger charge is 2.27. The van der Waals surface area contributed by atoms with E-state index in [1.54, 1.807) is 12.1 Å². The van der Waals surface area contributed by atoms with Gasteiger partial charge >= 0.3 is 5.76 Å². The van der Waals surface area contributed by atoms with E-state index in [1.807, 2.05) is 0 Å². The number of allylic oxidation sites excluding steroid dienone is 1. The molecular formula is C14H16N2O5S. The molecule has 0 saturated carbocycles. The molecule has 0 N–H and O–H groups in total. The van der Waals surface area contributed by atoms with Gasteiger partial charge < -0.3 is 9.15 Å². The maximum Gasteiger partial charge on any atom is 0.420 e. The lowest BCUT2D eigenvalue weighted by Gasteiger charge is -2.25. The van der Waals surface area contributed by atoms with Gasteiger partial charge in [0.15, 0.2) is 5.58 Å². The minimum atomic E-state index is -3.61. The smallest absolute Gasteiger partial charge is 0.408 e. The van der Waals surface area contributed by atoms with Crippen LogP contribution in [0.4, 0.5) is 0 Å². The summed E-state index contributed by atoms with van der Waals surface area (Å²) in [4.78, 5) is 11.9. The summed E-state index contributed by atoms with van der Waals surface area (Å²) in [5.74, 6) is -0.532. The van der Waals surface area contributed by atoms with Crippen molar-refractivity contribution in [3.8, 4) is 0 Å². The molecular weight excluding hydrogens is 308 g/mol. The third-order valence-electron chi connectivity index (χ3n) is 3.56. The van der Waals surface area contributed by atoms with Crippen molar-refractivity contribution in [3.63, 3.8) is 0 Å². The number of hydrogen-bond donors (Lipinski definition) is 0. The second-order valence-electron chi connectivity index (χ2n) is 4.91. The molecule has 1 aromatic carbocycles. The zero-order valence-corrected chi connectivity index (χ0v) is 12.7. The van der Waals surface area contributed by atoms with Crippen molar-refractivity contribution >= 4 is 21.1 Å². The van der Waals surface area contributed by atoms with Crippen molar-refractivity contribution in [1.82, 2.24) is 8.87 Å². The minimum absolute atomic E-state index is 0.112. The molecule has 1 aliphatic heterocycles. The molecule has 0 aliphatic carbocycles. The molecule has 3 rings (SSSR count). The van der Waals surface area contributed by atoms with E-state index in [-0.39, 0.29) is 10.5 Å². The molecule has 2 aromatic rings. The molecule has 1 aliphatic rings. The molecule has 1 saturated heterocycles. The number of rotatable bonds is 4. The van der Waals surface area contributed by atoms with Crippen LogP contribution in [0.2, 0.25) is 0 Å². The Balaban J connectivity index is 2.05. The summed E-state index contributed by atoms with van der Waals surface area (Å²) in [6.07, 6.45) is 1.58. The highest BCUT2D eigenvalue weighted by atomic mass is 32.2. The number of benzene rings is 1. The largest absolute Gasteiger partial charge is 0.420 e. The van der Waals surface area contributed by atoms with Crippen molar-refractivity contribution < 1.29 is 17.6 Å². The second-order valence-corrected chi connectivity index (χ2v) is 6.85. The quantitative estimate of drug-likeness (QED) is 0.777. The Bertz CT molecular complexity index is 859. The average Bonchev–Trinajstić information content (AvgIpc) is 2.84. The number of oxazole rings is 1. The van der Waals surface area contributed by atoms with Gasteiger partial charge in [-0.15, -0.1) is 6.58 Å². The molecule has 22 heavy (non-hydrogen) atoms. The number of nitrogens with zero attached hydrogens (tertiary/aromatic N) is 2. The predicted octanol–water partition coefficient (Wildman–Crippen LogP) is 0.801. The predicted molar refractivity (Wildman–Crippen MR) is 80.2 cm³/mol. The third kappa shape index (κ3) is 2.49. The van der Waals surface area contributed by atoms with E-state index < -0.39 is 15.8 Å². The van der Waals surface area contributed by atoms with Crippen LogP contribution in [0.3, 0.4) is 0 Å². The SMILES string of the molecule is C=CCn1c(=O)oc2cc(S(=O)(=O)N3CCOCC3)ccc21. The maximum atomic E-state index is 12.6. The summed E-state index contributed by atoms with van der Waals surface area (Å²) in [5, 5.41) is 0. The minimum Gasteiger partial charge on any atom is -0.408 e. The first kappa shape index (κ1) is 15.0. The van der Waals surface area contributed by atoms with Crippen LogP contribution in [0, 0.1) is 0 Å². The van der Waals surface area contributed by atoms with Crippen LogP contribution >= 0.6 is 0 Å². The second kappa shape index (κ2) is 5.71. The first-order valence-corrected chi connectivity index (χ1v) is 8.30. The van der Waals surface area contributed by atoms with Crippen molar-refractivity contribution in [2.24, 2.45) is 0 Å². The van der Waals surface area contributed by atoms with Crippen LogP contribution in [0.1, 0.15) is 0 Å². The van der Waals surface area contributed by atoms with Crippen LogP contribution < -0.4 is 5.76 Å². The van der Waals surface area contributed by atoms with Gasteiger partial charge in [0, 0.05) is 25.7 Å². The molecule has 8 heteroatoms. The lowest BCUT2D eigenvalue weighted by molar-refractivity contribution is 0.0730. The van der Waals surface area contributed by atoms with Gasteiger partial charge in [-0.05, 0) is 12.1 Å². The highest BCUT2D eigenvalue weighted by Crippen LogP contribution is 2.22. The monoisotopic (exact) mass is 324 g/mol. The van der Waals surface area contributed by atoms with Gasteiger partial charge in [0.05, 0.1) is 23.6 Å². The lowest BCUT2D eigenvalue weighted by Crippen LogP contribution is -2.40. The van der Waals surface area contributed by atoms with Crippen molar-refractivity contribution in [2.75, 3.05) is 26.3 Å². The summed E-state index contributed by atoms with van der Waals surface area (Å²) in [6, 6.07) is 4.46. The normalized spacial score (nSPS) is 16.9. The van der Waals surface area contributed by atoms with Crippen molar-refractivity contribution in [2.45, 2.75) is 11.4 Å². The number of aromatic nitrogens is 1. The number of ether oxygens (including phenoxy) is 1. The fraction of sp³-hybridized carbons (Fsp3) is 0.357. The van der Waals surface area contributed by atoms with Crippen LogP contribution in [-0.2, 0) is 21.3 Å². The molecule has 0 bridgehead atoms. The first-order chi connectivity index (χ1) is 10.5. The van der Waals surface area contributed by atoms with Gasteiger partial charge in [-0.25, -0.2) is 13.2 Å². The molecule has 0 radical (unpaired) electrons. The molecule has 1 aromatic heterocycles. The van der Waals surface area contributed by atoms with Gasteiger partial charge in [-0.3, -0.25) is 4.57 Å². The summed E-state index contributed by atoms with van der Waals surface area (Å²) in [7, 11) is -3.61. The van der Waals surface area contributed by atoms with Crippen LogP contribution in [0.15, 0.2) is 45.0 Å². The van der Waals surface area contributed by atoms with E-state index in [4.69, 9.17) is 9.15 Å². The number of fused-ring (bicyclic) bond motifs is 1. The molecule has 1 fully saturated rings. The summed E-state index contributed by atoms with van der Waals surface area (Å²) < 4.78 is 38.2. The molecule has 0 spiro atoms. The van der Waals surface area contributed by atoms with E-state index in [9.17, 15) is 13.2 Å². The third-order valence-corrected chi connectivity index (χ3v) is 5.45. The Kier molecular flexibility index (Phi) is 3.90. The molecule has 0 unspecified atom stereocenters. The fourth-order valence-corrected chi connectivity index (χ4v) is 3.87. The Hall–Kier alpha value is -1.90. The number of hydrogen-bond acceptors (Lipinski definition) is 5. The zero-order valence-electron chi connectivity index (χ0n) is 11.9. The number of morpholine rings is 1.